The monoisotopic (exact) mass is 276 g/mol. The molecule has 1 heterocycles. The van der Waals surface area contributed by atoms with E-state index in [1.54, 1.807) is 12.1 Å². The SMILES string of the molecule is Cc1cc(F)ccc1CN1CC(C)NCC1(C)C1CC1. The molecule has 2 atom stereocenters. The molecule has 20 heavy (non-hydrogen) atoms. The van der Waals surface area contributed by atoms with Crippen molar-refractivity contribution in [3.63, 3.8) is 0 Å². The van der Waals surface area contributed by atoms with Gasteiger partial charge in [-0.2, -0.15) is 0 Å². The van der Waals surface area contributed by atoms with Gasteiger partial charge in [-0.05, 0) is 62.8 Å². The Morgan fingerprint density at radius 1 is 1.40 bits per heavy atom. The average molecular weight is 276 g/mol. The molecule has 0 aromatic heterocycles. The Morgan fingerprint density at radius 3 is 2.80 bits per heavy atom. The summed E-state index contributed by atoms with van der Waals surface area (Å²) in [6.07, 6.45) is 2.71. The van der Waals surface area contributed by atoms with Crippen molar-refractivity contribution in [2.75, 3.05) is 13.1 Å². The fourth-order valence-corrected chi connectivity index (χ4v) is 3.49. The van der Waals surface area contributed by atoms with Gasteiger partial charge in [-0.25, -0.2) is 4.39 Å². The summed E-state index contributed by atoms with van der Waals surface area (Å²) in [4.78, 5) is 2.62. The highest BCUT2D eigenvalue weighted by molar-refractivity contribution is 5.27. The van der Waals surface area contributed by atoms with Gasteiger partial charge in [0, 0.05) is 31.2 Å². The molecule has 2 nitrogen and oxygen atoms in total. The van der Waals surface area contributed by atoms with Crippen LogP contribution in [0.15, 0.2) is 18.2 Å². The molecule has 1 saturated carbocycles. The second-order valence-corrected chi connectivity index (χ2v) is 6.86. The van der Waals surface area contributed by atoms with Gasteiger partial charge < -0.3 is 5.32 Å². The minimum absolute atomic E-state index is 0.134. The molecular formula is C17H25FN2. The van der Waals surface area contributed by atoms with Crippen LogP contribution in [0.3, 0.4) is 0 Å². The summed E-state index contributed by atoms with van der Waals surface area (Å²) in [5.41, 5.74) is 2.58. The van der Waals surface area contributed by atoms with Crippen molar-refractivity contribution in [3.05, 3.63) is 35.1 Å². The van der Waals surface area contributed by atoms with Crippen molar-refractivity contribution in [1.82, 2.24) is 10.2 Å². The summed E-state index contributed by atoms with van der Waals surface area (Å²) >= 11 is 0. The molecule has 3 rings (SSSR count). The lowest BCUT2D eigenvalue weighted by Gasteiger charge is -2.48. The highest BCUT2D eigenvalue weighted by Gasteiger charge is 2.47. The van der Waals surface area contributed by atoms with E-state index in [0.29, 0.717) is 6.04 Å². The van der Waals surface area contributed by atoms with E-state index >= 15 is 0 Å². The predicted octanol–water partition coefficient (Wildman–Crippen LogP) is 3.10. The Bertz CT molecular complexity index is 498. The molecule has 1 saturated heterocycles. The number of rotatable bonds is 3. The van der Waals surface area contributed by atoms with Crippen molar-refractivity contribution in [2.24, 2.45) is 5.92 Å². The first kappa shape index (κ1) is 14.0. The first-order valence-corrected chi connectivity index (χ1v) is 7.72. The number of hydrogen-bond donors (Lipinski definition) is 1. The van der Waals surface area contributed by atoms with E-state index in [4.69, 9.17) is 0 Å². The van der Waals surface area contributed by atoms with Crippen LogP contribution < -0.4 is 5.32 Å². The van der Waals surface area contributed by atoms with Crippen LogP contribution in [0.2, 0.25) is 0 Å². The summed E-state index contributed by atoms with van der Waals surface area (Å²) < 4.78 is 13.3. The average Bonchev–Trinajstić information content (AvgIpc) is 3.22. The maximum absolute atomic E-state index is 13.3. The number of aryl methyl sites for hydroxylation is 1. The zero-order chi connectivity index (χ0) is 14.3. The van der Waals surface area contributed by atoms with Crippen molar-refractivity contribution >= 4 is 0 Å². The fraction of sp³-hybridized carbons (Fsp3) is 0.647. The van der Waals surface area contributed by atoms with Gasteiger partial charge in [0.15, 0.2) is 0 Å². The Balaban J connectivity index is 1.82. The van der Waals surface area contributed by atoms with Crippen LogP contribution in [0.4, 0.5) is 4.39 Å². The van der Waals surface area contributed by atoms with E-state index in [0.717, 1.165) is 31.1 Å². The van der Waals surface area contributed by atoms with E-state index < -0.39 is 0 Å². The molecule has 1 aromatic carbocycles. The second kappa shape index (κ2) is 5.12. The minimum Gasteiger partial charge on any atom is -0.311 e. The number of benzene rings is 1. The van der Waals surface area contributed by atoms with Gasteiger partial charge in [-0.3, -0.25) is 4.90 Å². The highest BCUT2D eigenvalue weighted by atomic mass is 19.1. The Kier molecular flexibility index (Phi) is 3.59. The molecule has 0 amide bonds. The summed E-state index contributed by atoms with van der Waals surface area (Å²) in [5.74, 6) is 0.688. The number of hydrogen-bond acceptors (Lipinski definition) is 2. The van der Waals surface area contributed by atoms with Gasteiger partial charge in [-0.1, -0.05) is 6.07 Å². The first-order valence-electron chi connectivity index (χ1n) is 7.72. The number of halogens is 1. The number of nitrogens with one attached hydrogen (secondary N) is 1. The lowest BCUT2D eigenvalue weighted by atomic mass is 9.89. The summed E-state index contributed by atoms with van der Waals surface area (Å²) in [7, 11) is 0. The molecule has 1 N–H and O–H groups in total. The lowest BCUT2D eigenvalue weighted by Crippen LogP contribution is -2.63. The predicted molar refractivity (Wildman–Crippen MR) is 80.1 cm³/mol. The Morgan fingerprint density at radius 2 is 2.15 bits per heavy atom. The topological polar surface area (TPSA) is 15.3 Å². The third-order valence-electron chi connectivity index (χ3n) is 5.15. The summed E-state index contributed by atoms with van der Waals surface area (Å²) in [5, 5.41) is 3.63. The van der Waals surface area contributed by atoms with Crippen LogP contribution in [0.25, 0.3) is 0 Å². The van der Waals surface area contributed by atoms with E-state index in [1.807, 2.05) is 13.0 Å². The minimum atomic E-state index is -0.134. The van der Waals surface area contributed by atoms with Gasteiger partial charge in [0.1, 0.15) is 5.82 Å². The van der Waals surface area contributed by atoms with Crippen molar-refractivity contribution < 1.29 is 4.39 Å². The third kappa shape index (κ3) is 2.61. The summed E-state index contributed by atoms with van der Waals surface area (Å²) in [6, 6.07) is 5.71. The maximum atomic E-state index is 13.3. The molecule has 3 heteroatoms. The smallest absolute Gasteiger partial charge is 0.123 e. The zero-order valence-corrected chi connectivity index (χ0v) is 12.7. The molecule has 1 aliphatic carbocycles. The molecular weight excluding hydrogens is 251 g/mol. The molecule has 0 spiro atoms. The van der Waals surface area contributed by atoms with Crippen LogP contribution in [-0.2, 0) is 6.54 Å². The maximum Gasteiger partial charge on any atom is 0.123 e. The molecule has 2 fully saturated rings. The molecule has 110 valence electrons. The molecule has 1 aromatic rings. The Labute approximate surface area is 121 Å². The van der Waals surface area contributed by atoms with Gasteiger partial charge in [0.05, 0.1) is 0 Å². The van der Waals surface area contributed by atoms with Gasteiger partial charge in [0.2, 0.25) is 0 Å². The lowest BCUT2D eigenvalue weighted by molar-refractivity contribution is 0.0310. The zero-order valence-electron chi connectivity index (χ0n) is 12.7. The standard InChI is InChI=1S/C17H25FN2/c1-12-8-16(18)7-4-14(12)10-20-9-13(2)19-11-17(20,3)15-5-6-15/h4,7-8,13,15,19H,5-6,9-11H2,1-3H3. The van der Waals surface area contributed by atoms with E-state index in [9.17, 15) is 4.39 Å². The van der Waals surface area contributed by atoms with Gasteiger partial charge in [0.25, 0.3) is 0 Å². The third-order valence-corrected chi connectivity index (χ3v) is 5.15. The van der Waals surface area contributed by atoms with Crippen LogP contribution in [0, 0.1) is 18.7 Å². The Hall–Kier alpha value is -0.930. The van der Waals surface area contributed by atoms with Crippen molar-refractivity contribution in [1.29, 1.82) is 0 Å². The van der Waals surface area contributed by atoms with Crippen LogP contribution >= 0.6 is 0 Å². The first-order chi connectivity index (χ1) is 9.49. The van der Waals surface area contributed by atoms with Crippen molar-refractivity contribution in [3.8, 4) is 0 Å². The van der Waals surface area contributed by atoms with Crippen LogP contribution in [-0.4, -0.2) is 29.6 Å². The van der Waals surface area contributed by atoms with Crippen LogP contribution in [0.1, 0.15) is 37.8 Å². The number of nitrogens with zero attached hydrogens (tertiary/aromatic N) is 1. The second-order valence-electron chi connectivity index (χ2n) is 6.86. The summed E-state index contributed by atoms with van der Waals surface area (Å²) in [6.45, 7) is 9.73. The highest BCUT2D eigenvalue weighted by Crippen LogP contribution is 2.44. The van der Waals surface area contributed by atoms with Crippen LogP contribution in [0.5, 0.6) is 0 Å². The van der Waals surface area contributed by atoms with E-state index in [1.165, 1.54) is 18.4 Å². The van der Waals surface area contributed by atoms with Gasteiger partial charge >= 0.3 is 0 Å². The molecule has 0 bridgehead atoms. The number of piperazine rings is 1. The molecule has 0 radical (unpaired) electrons. The normalized spacial score (nSPS) is 31.5. The quantitative estimate of drug-likeness (QED) is 0.912. The van der Waals surface area contributed by atoms with E-state index in [-0.39, 0.29) is 11.4 Å². The molecule has 2 aliphatic rings. The molecule has 2 unspecified atom stereocenters. The van der Waals surface area contributed by atoms with Gasteiger partial charge in [-0.15, -0.1) is 0 Å². The largest absolute Gasteiger partial charge is 0.311 e. The fourth-order valence-electron chi connectivity index (χ4n) is 3.49. The van der Waals surface area contributed by atoms with E-state index in [2.05, 4.69) is 24.1 Å². The van der Waals surface area contributed by atoms with Crippen molar-refractivity contribution in [2.45, 2.75) is 51.7 Å². The molecule has 1 aliphatic heterocycles.